The van der Waals surface area contributed by atoms with Gasteiger partial charge in [-0.3, -0.25) is 28.8 Å². The third kappa shape index (κ3) is 9.89. The van der Waals surface area contributed by atoms with E-state index in [9.17, 15) is 39.0 Å². The average Bonchev–Trinajstić information content (AvgIpc) is 2.83. The first-order chi connectivity index (χ1) is 19.1. The maximum atomic E-state index is 12.0. The summed E-state index contributed by atoms with van der Waals surface area (Å²) in [7, 11) is 0. The van der Waals surface area contributed by atoms with E-state index >= 15 is 0 Å². The highest BCUT2D eigenvalue weighted by Gasteiger charge is 2.56. The number of ether oxygens (including phenoxy) is 9. The smallest absolute Gasteiger partial charge is 0.303 e. The molecule has 2 saturated heterocycles. The lowest BCUT2D eigenvalue weighted by Crippen LogP contribution is -2.66. The topological polar surface area (TPSA) is 226 Å². The molecule has 2 rings (SSSR count). The predicted octanol–water partition coefficient (Wildman–Crippen LogP) is -1.97. The van der Waals surface area contributed by atoms with Gasteiger partial charge in [0.2, 0.25) is 0 Å². The number of aliphatic hydroxyl groups excluding tert-OH is 2. The van der Waals surface area contributed by atoms with E-state index in [-0.39, 0.29) is 0 Å². The average molecular weight is 595 g/mol. The maximum absolute atomic E-state index is 12.0. The van der Waals surface area contributed by atoms with Crippen molar-refractivity contribution in [3.05, 3.63) is 0 Å². The summed E-state index contributed by atoms with van der Waals surface area (Å²) in [6.45, 7) is 5.14. The third-order valence-electron chi connectivity index (χ3n) is 5.63. The monoisotopic (exact) mass is 594 g/mol. The summed E-state index contributed by atoms with van der Waals surface area (Å²) < 4.78 is 48.0. The molecule has 17 heteroatoms. The third-order valence-corrected chi connectivity index (χ3v) is 5.63. The molecule has 2 aliphatic heterocycles. The predicted molar refractivity (Wildman–Crippen MR) is 126 cm³/mol. The standard InChI is InChI=1S/C24H34O17/c1-9(25)33-7-15-17(31)19(35-11(3)27)22(38-14(6)30)24(40-15)41-18-16(8-34-10(2)26)39-23(32)21(37-13(5)29)20(18)36-12(4)28/h15-24,31-32H,7-8H2,1-6H3/t15-,16-,17+,18+,19-,20+,21+,22-,23-,24-/m0/s1. The van der Waals surface area contributed by atoms with E-state index in [0.29, 0.717) is 0 Å². The van der Waals surface area contributed by atoms with Crippen molar-refractivity contribution in [3.8, 4) is 0 Å². The summed E-state index contributed by atoms with van der Waals surface area (Å²) >= 11 is 0. The highest BCUT2D eigenvalue weighted by Crippen LogP contribution is 2.33. The molecule has 0 aromatic heterocycles. The van der Waals surface area contributed by atoms with Gasteiger partial charge >= 0.3 is 35.8 Å². The second-order valence-corrected chi connectivity index (χ2v) is 9.10. The van der Waals surface area contributed by atoms with E-state index in [1.807, 2.05) is 0 Å². The number of hydrogen-bond donors (Lipinski definition) is 2. The van der Waals surface area contributed by atoms with Gasteiger partial charge in [0.25, 0.3) is 0 Å². The van der Waals surface area contributed by atoms with Gasteiger partial charge < -0.3 is 52.8 Å². The normalized spacial score (nSPS) is 33.1. The summed E-state index contributed by atoms with van der Waals surface area (Å²) in [5.74, 6) is -5.07. The second-order valence-electron chi connectivity index (χ2n) is 9.10. The van der Waals surface area contributed by atoms with Crippen LogP contribution < -0.4 is 0 Å². The lowest BCUT2D eigenvalue weighted by molar-refractivity contribution is -0.357. The van der Waals surface area contributed by atoms with Crippen LogP contribution in [0.4, 0.5) is 0 Å². The Labute approximate surface area is 234 Å². The molecule has 2 N–H and O–H groups in total. The number of hydrogen-bond acceptors (Lipinski definition) is 17. The van der Waals surface area contributed by atoms with Gasteiger partial charge in [-0.05, 0) is 0 Å². The minimum atomic E-state index is -1.88. The van der Waals surface area contributed by atoms with E-state index < -0.39 is 110 Å². The summed E-state index contributed by atoms with van der Waals surface area (Å²) in [4.78, 5) is 70.6. The molecule has 17 nitrogen and oxygen atoms in total. The molecule has 0 bridgehead atoms. The Morgan fingerprint density at radius 2 is 0.976 bits per heavy atom. The van der Waals surface area contributed by atoms with Crippen LogP contribution in [-0.4, -0.2) is 121 Å². The van der Waals surface area contributed by atoms with Crippen LogP contribution in [0.5, 0.6) is 0 Å². The number of carbonyl (C=O) groups excluding carboxylic acids is 6. The summed E-state index contributed by atoms with van der Waals surface area (Å²) in [6.07, 6.45) is -16.3. The Bertz CT molecular complexity index is 981. The Hall–Kier alpha value is -3.38. The van der Waals surface area contributed by atoms with Gasteiger partial charge in [0.05, 0.1) is 0 Å². The molecule has 0 amide bonds. The van der Waals surface area contributed by atoms with Gasteiger partial charge in [0, 0.05) is 41.5 Å². The van der Waals surface area contributed by atoms with Crippen molar-refractivity contribution in [2.24, 2.45) is 0 Å². The fourth-order valence-corrected chi connectivity index (χ4v) is 4.17. The quantitative estimate of drug-likeness (QED) is 0.206. The molecule has 0 aromatic carbocycles. The maximum Gasteiger partial charge on any atom is 0.303 e. The van der Waals surface area contributed by atoms with Crippen LogP contribution in [0.25, 0.3) is 0 Å². The van der Waals surface area contributed by atoms with E-state index in [0.717, 1.165) is 41.5 Å². The first-order valence-corrected chi connectivity index (χ1v) is 12.4. The number of aliphatic hydroxyl groups is 2. The first kappa shape index (κ1) is 33.8. The Balaban J connectivity index is 2.57. The highest BCUT2D eigenvalue weighted by atomic mass is 16.8. The fraction of sp³-hybridized carbons (Fsp3) is 0.750. The van der Waals surface area contributed by atoms with Crippen molar-refractivity contribution in [2.75, 3.05) is 13.2 Å². The van der Waals surface area contributed by atoms with Gasteiger partial charge in [0.1, 0.15) is 37.6 Å². The SMILES string of the molecule is CC(=O)OC[C@@H]1O[C@@H](O[C@H]2[C@@H](OC(C)=O)[C@@H](OC(C)=O)[C@@H](O)O[C@H]2COC(C)=O)[C@@H](OC(C)=O)[C@@H](OC(C)=O)[C@@H]1O. The van der Waals surface area contributed by atoms with Crippen LogP contribution in [-0.2, 0) is 71.4 Å². The van der Waals surface area contributed by atoms with Crippen molar-refractivity contribution in [2.45, 2.75) is 103 Å². The number of rotatable bonds is 10. The first-order valence-electron chi connectivity index (χ1n) is 12.4. The molecular weight excluding hydrogens is 560 g/mol. The molecule has 10 atom stereocenters. The lowest BCUT2D eigenvalue weighted by atomic mass is 9.96. The zero-order chi connectivity index (χ0) is 31.0. The van der Waals surface area contributed by atoms with Gasteiger partial charge in [-0.2, -0.15) is 0 Å². The van der Waals surface area contributed by atoms with Crippen LogP contribution in [0.15, 0.2) is 0 Å². The molecule has 2 aliphatic rings. The Morgan fingerprint density at radius 1 is 0.537 bits per heavy atom. The van der Waals surface area contributed by atoms with Crippen molar-refractivity contribution in [1.29, 1.82) is 0 Å². The molecule has 232 valence electrons. The van der Waals surface area contributed by atoms with E-state index in [1.165, 1.54) is 0 Å². The van der Waals surface area contributed by atoms with E-state index in [4.69, 9.17) is 42.6 Å². The molecular formula is C24H34O17. The lowest BCUT2D eigenvalue weighted by Gasteiger charge is -2.47. The van der Waals surface area contributed by atoms with Gasteiger partial charge in [-0.15, -0.1) is 0 Å². The number of carbonyl (C=O) groups is 6. The number of esters is 6. The minimum Gasteiger partial charge on any atom is -0.463 e. The Morgan fingerprint density at radius 3 is 1.46 bits per heavy atom. The second kappa shape index (κ2) is 15.0. The zero-order valence-electron chi connectivity index (χ0n) is 23.2. The van der Waals surface area contributed by atoms with Crippen LogP contribution in [0.1, 0.15) is 41.5 Å². The van der Waals surface area contributed by atoms with Crippen molar-refractivity contribution >= 4 is 35.8 Å². The van der Waals surface area contributed by atoms with Crippen LogP contribution >= 0.6 is 0 Å². The largest absolute Gasteiger partial charge is 0.463 e. The van der Waals surface area contributed by atoms with Crippen molar-refractivity contribution in [3.63, 3.8) is 0 Å². The molecule has 2 fully saturated rings. The molecule has 0 saturated carbocycles. The van der Waals surface area contributed by atoms with Crippen molar-refractivity contribution < 1.29 is 81.6 Å². The molecule has 0 aliphatic carbocycles. The van der Waals surface area contributed by atoms with Crippen molar-refractivity contribution in [1.82, 2.24) is 0 Å². The summed E-state index contributed by atoms with van der Waals surface area (Å²) in [5.41, 5.74) is 0. The van der Waals surface area contributed by atoms with Crippen LogP contribution in [0.3, 0.4) is 0 Å². The van der Waals surface area contributed by atoms with Gasteiger partial charge in [-0.25, -0.2) is 0 Å². The molecule has 0 aromatic rings. The fourth-order valence-electron chi connectivity index (χ4n) is 4.17. The molecule has 41 heavy (non-hydrogen) atoms. The van der Waals surface area contributed by atoms with Crippen LogP contribution in [0.2, 0.25) is 0 Å². The highest BCUT2D eigenvalue weighted by molar-refractivity contribution is 5.68. The minimum absolute atomic E-state index is 0.554. The summed E-state index contributed by atoms with van der Waals surface area (Å²) in [5, 5.41) is 21.4. The molecule has 0 radical (unpaired) electrons. The zero-order valence-corrected chi connectivity index (χ0v) is 23.2. The van der Waals surface area contributed by atoms with Gasteiger partial charge in [-0.1, -0.05) is 0 Å². The van der Waals surface area contributed by atoms with Crippen LogP contribution in [0, 0.1) is 0 Å². The molecule has 0 spiro atoms. The Kier molecular flexibility index (Phi) is 12.4. The van der Waals surface area contributed by atoms with E-state index in [2.05, 4.69) is 0 Å². The summed E-state index contributed by atoms with van der Waals surface area (Å²) in [6, 6.07) is 0. The molecule has 2 heterocycles. The molecule has 0 unspecified atom stereocenters. The van der Waals surface area contributed by atoms with Gasteiger partial charge in [0.15, 0.2) is 37.0 Å². The van der Waals surface area contributed by atoms with E-state index in [1.54, 1.807) is 0 Å².